The van der Waals surface area contributed by atoms with Gasteiger partial charge in [-0.1, -0.05) is 23.4 Å². The lowest BCUT2D eigenvalue weighted by molar-refractivity contribution is 0.318. The van der Waals surface area contributed by atoms with Crippen LogP contribution in [0.3, 0.4) is 0 Å². The van der Waals surface area contributed by atoms with E-state index in [1.54, 1.807) is 0 Å². The van der Waals surface area contributed by atoms with Gasteiger partial charge in [-0.3, -0.25) is 9.67 Å². The van der Waals surface area contributed by atoms with E-state index < -0.39 is 0 Å². The van der Waals surface area contributed by atoms with E-state index in [0.717, 1.165) is 66.1 Å². The quantitative estimate of drug-likeness (QED) is 0.528. The third kappa shape index (κ3) is 3.56. The van der Waals surface area contributed by atoms with Crippen molar-refractivity contribution in [2.24, 2.45) is 11.1 Å². The summed E-state index contributed by atoms with van der Waals surface area (Å²) in [5, 5.41) is 21.1. The van der Waals surface area contributed by atoms with Crippen molar-refractivity contribution in [2.75, 3.05) is 13.1 Å². The number of aromatic nitrogens is 3. The zero-order valence-electron chi connectivity index (χ0n) is 16.4. The van der Waals surface area contributed by atoms with Gasteiger partial charge in [0.05, 0.1) is 5.71 Å². The first kappa shape index (κ1) is 18.1. The molecule has 0 amide bonds. The summed E-state index contributed by atoms with van der Waals surface area (Å²) in [5.41, 5.74) is 7.43. The maximum Gasteiger partial charge on any atom is 0.100 e. The molecule has 0 radical (unpaired) electrons. The number of benzene rings is 1. The Labute approximate surface area is 170 Å². The number of rotatable bonds is 4. The van der Waals surface area contributed by atoms with Crippen molar-refractivity contribution in [2.45, 2.75) is 32.2 Å². The molecule has 2 N–H and O–H groups in total. The number of piperidine rings is 1. The molecule has 5 rings (SSSR count). The predicted octanol–water partition coefficient (Wildman–Crippen LogP) is 3.74. The van der Waals surface area contributed by atoms with Gasteiger partial charge in [0.15, 0.2) is 0 Å². The van der Waals surface area contributed by atoms with Crippen molar-refractivity contribution in [3.05, 3.63) is 60.0 Å². The Morgan fingerprint density at radius 2 is 2.00 bits per heavy atom. The molecule has 1 unspecified atom stereocenters. The maximum absolute atomic E-state index is 9.21. The lowest BCUT2D eigenvalue weighted by atomic mass is 9.98. The summed E-state index contributed by atoms with van der Waals surface area (Å²) in [6.07, 6.45) is 9.99. The Hall–Kier alpha value is -2.99. The van der Waals surface area contributed by atoms with Gasteiger partial charge in [0.2, 0.25) is 0 Å². The molecule has 0 bridgehead atoms. The fourth-order valence-electron chi connectivity index (χ4n) is 4.53. The molecule has 1 atom stereocenters. The van der Waals surface area contributed by atoms with Crippen LogP contribution >= 0.6 is 0 Å². The second-order valence-corrected chi connectivity index (χ2v) is 7.98. The van der Waals surface area contributed by atoms with Crippen molar-refractivity contribution in [1.29, 1.82) is 0 Å². The number of oxime groups is 1. The SMILES string of the molecule is O/N=C1\CCc2cc(-c3cn(CC4CCCNC4)nc3-c3ccncc3)ccc21. The molecule has 2 aliphatic rings. The van der Waals surface area contributed by atoms with Crippen LogP contribution in [0.5, 0.6) is 0 Å². The van der Waals surface area contributed by atoms with E-state index in [2.05, 4.69) is 44.5 Å². The standard InChI is InChI=1S/C23H25N5O/c29-27-22-6-4-18-12-19(3-5-20(18)22)21-15-28(14-16-2-1-9-25-13-16)26-23(21)17-7-10-24-11-8-17/h3,5,7-8,10-12,15-16,25,29H,1-2,4,6,9,13-14H2/b27-22+. The molecule has 0 saturated carbocycles. The van der Waals surface area contributed by atoms with Crippen LogP contribution in [0.25, 0.3) is 22.4 Å². The fourth-order valence-corrected chi connectivity index (χ4v) is 4.53. The van der Waals surface area contributed by atoms with Crippen molar-refractivity contribution in [3.63, 3.8) is 0 Å². The lowest BCUT2D eigenvalue weighted by Crippen LogP contribution is -2.32. The third-order valence-electron chi connectivity index (χ3n) is 6.04. The summed E-state index contributed by atoms with van der Waals surface area (Å²) in [6, 6.07) is 10.4. The summed E-state index contributed by atoms with van der Waals surface area (Å²) in [4.78, 5) is 4.16. The number of fused-ring (bicyclic) bond motifs is 1. The Bertz CT molecular complexity index is 1030. The topological polar surface area (TPSA) is 75.3 Å². The van der Waals surface area contributed by atoms with Crippen LogP contribution in [-0.2, 0) is 13.0 Å². The molecule has 0 spiro atoms. The Morgan fingerprint density at radius 1 is 1.10 bits per heavy atom. The van der Waals surface area contributed by atoms with Crippen molar-refractivity contribution in [1.82, 2.24) is 20.1 Å². The van der Waals surface area contributed by atoms with E-state index in [1.165, 1.54) is 18.4 Å². The Balaban J connectivity index is 1.54. The van der Waals surface area contributed by atoms with E-state index >= 15 is 0 Å². The third-order valence-corrected chi connectivity index (χ3v) is 6.04. The van der Waals surface area contributed by atoms with Gasteiger partial charge in [0.25, 0.3) is 0 Å². The minimum atomic E-state index is 0.616. The minimum Gasteiger partial charge on any atom is -0.411 e. The first-order chi connectivity index (χ1) is 14.3. The van der Waals surface area contributed by atoms with Gasteiger partial charge in [0.1, 0.15) is 5.69 Å². The van der Waals surface area contributed by atoms with E-state index in [1.807, 2.05) is 24.5 Å². The van der Waals surface area contributed by atoms with E-state index in [9.17, 15) is 5.21 Å². The number of nitrogens with one attached hydrogen (secondary N) is 1. The van der Waals surface area contributed by atoms with Gasteiger partial charge >= 0.3 is 0 Å². The molecule has 6 heteroatoms. The van der Waals surface area contributed by atoms with E-state index in [0.29, 0.717) is 5.92 Å². The largest absolute Gasteiger partial charge is 0.411 e. The molecule has 2 aromatic heterocycles. The molecule has 1 saturated heterocycles. The van der Waals surface area contributed by atoms with Crippen molar-refractivity contribution < 1.29 is 5.21 Å². The number of hydrogen-bond acceptors (Lipinski definition) is 5. The van der Waals surface area contributed by atoms with Gasteiger partial charge in [-0.05, 0) is 68.0 Å². The van der Waals surface area contributed by atoms with Crippen LogP contribution < -0.4 is 5.32 Å². The average molecular weight is 387 g/mol. The molecule has 1 aliphatic heterocycles. The smallest absolute Gasteiger partial charge is 0.100 e. The van der Waals surface area contributed by atoms with Crippen LogP contribution in [0.15, 0.2) is 54.1 Å². The summed E-state index contributed by atoms with van der Waals surface area (Å²) in [7, 11) is 0. The number of hydrogen-bond donors (Lipinski definition) is 2. The highest BCUT2D eigenvalue weighted by Crippen LogP contribution is 2.34. The van der Waals surface area contributed by atoms with Gasteiger partial charge in [0, 0.05) is 41.8 Å². The van der Waals surface area contributed by atoms with Gasteiger partial charge in [-0.2, -0.15) is 5.10 Å². The predicted molar refractivity (Wildman–Crippen MR) is 113 cm³/mol. The van der Waals surface area contributed by atoms with E-state index in [-0.39, 0.29) is 0 Å². The van der Waals surface area contributed by atoms with Gasteiger partial charge in [-0.15, -0.1) is 0 Å². The van der Waals surface area contributed by atoms with Crippen LogP contribution in [0.2, 0.25) is 0 Å². The monoisotopic (exact) mass is 387 g/mol. The second-order valence-electron chi connectivity index (χ2n) is 7.98. The fraction of sp³-hybridized carbons (Fsp3) is 0.348. The van der Waals surface area contributed by atoms with Gasteiger partial charge in [-0.25, -0.2) is 0 Å². The van der Waals surface area contributed by atoms with Crippen molar-refractivity contribution >= 4 is 5.71 Å². The first-order valence-corrected chi connectivity index (χ1v) is 10.3. The zero-order valence-corrected chi connectivity index (χ0v) is 16.4. The molecular weight excluding hydrogens is 362 g/mol. The van der Waals surface area contributed by atoms with Crippen LogP contribution in [-0.4, -0.2) is 38.8 Å². The van der Waals surface area contributed by atoms with Crippen LogP contribution in [0.1, 0.15) is 30.4 Å². The van der Waals surface area contributed by atoms with Crippen LogP contribution in [0, 0.1) is 5.92 Å². The Morgan fingerprint density at radius 3 is 2.79 bits per heavy atom. The highest BCUT2D eigenvalue weighted by atomic mass is 16.4. The summed E-state index contributed by atoms with van der Waals surface area (Å²) >= 11 is 0. The Kier molecular flexibility index (Phi) is 4.86. The zero-order chi connectivity index (χ0) is 19.6. The number of pyridine rings is 1. The highest BCUT2D eigenvalue weighted by molar-refractivity contribution is 6.04. The molecule has 1 fully saturated rings. The number of aryl methyl sites for hydroxylation is 1. The highest BCUT2D eigenvalue weighted by Gasteiger charge is 2.21. The molecular formula is C23H25N5O. The molecule has 148 valence electrons. The summed E-state index contributed by atoms with van der Waals surface area (Å²) in [5.74, 6) is 0.616. The number of nitrogens with zero attached hydrogens (tertiary/aromatic N) is 4. The van der Waals surface area contributed by atoms with Gasteiger partial charge < -0.3 is 10.5 Å². The lowest BCUT2D eigenvalue weighted by Gasteiger charge is -2.22. The normalized spacial score (nSPS) is 20.1. The van der Waals surface area contributed by atoms with E-state index in [4.69, 9.17) is 5.10 Å². The first-order valence-electron chi connectivity index (χ1n) is 10.3. The minimum absolute atomic E-state index is 0.616. The molecule has 29 heavy (non-hydrogen) atoms. The molecule has 3 aromatic rings. The second kappa shape index (κ2) is 7.79. The van der Waals surface area contributed by atoms with Crippen LogP contribution in [0.4, 0.5) is 0 Å². The van der Waals surface area contributed by atoms with Crippen molar-refractivity contribution in [3.8, 4) is 22.4 Å². The average Bonchev–Trinajstić information content (AvgIpc) is 3.38. The molecule has 6 nitrogen and oxygen atoms in total. The molecule has 1 aliphatic carbocycles. The molecule has 1 aromatic carbocycles. The molecule has 3 heterocycles. The maximum atomic E-state index is 9.21. The summed E-state index contributed by atoms with van der Waals surface area (Å²) < 4.78 is 2.11. The summed E-state index contributed by atoms with van der Waals surface area (Å²) in [6.45, 7) is 3.11.